The molecule has 0 unspecified atom stereocenters. The standard InChI is InChI=1S/C17H15FN4O3S/c18-14-3-5-15(6-4-14)26(23,24)22-9-7-13(11-22)17-21-20-16(25-17)12-2-1-8-19-10-12/h1-6,8,10,13H,7,9,11H2/t13-/m0/s1. The van der Waals surface area contributed by atoms with E-state index >= 15 is 0 Å². The van der Waals surface area contributed by atoms with E-state index in [0.29, 0.717) is 30.3 Å². The third-order valence-corrected chi connectivity index (χ3v) is 6.18. The van der Waals surface area contributed by atoms with Crippen molar-refractivity contribution in [3.05, 3.63) is 60.5 Å². The third kappa shape index (κ3) is 3.11. The zero-order chi connectivity index (χ0) is 18.1. The van der Waals surface area contributed by atoms with Crippen LogP contribution in [0.1, 0.15) is 18.2 Å². The molecule has 134 valence electrons. The average molecular weight is 374 g/mol. The fourth-order valence-electron chi connectivity index (χ4n) is 2.91. The zero-order valence-electron chi connectivity index (χ0n) is 13.6. The van der Waals surface area contributed by atoms with Gasteiger partial charge in [-0.05, 0) is 42.8 Å². The van der Waals surface area contributed by atoms with Crippen LogP contribution >= 0.6 is 0 Å². The molecule has 1 aliphatic rings. The largest absolute Gasteiger partial charge is 0.420 e. The molecule has 1 aromatic carbocycles. The van der Waals surface area contributed by atoms with E-state index in [4.69, 9.17) is 4.42 Å². The molecule has 1 saturated heterocycles. The number of nitrogens with zero attached hydrogens (tertiary/aromatic N) is 4. The highest BCUT2D eigenvalue weighted by Gasteiger charge is 2.35. The normalized spacial score (nSPS) is 18.3. The lowest BCUT2D eigenvalue weighted by Gasteiger charge is -2.15. The number of pyridine rings is 1. The van der Waals surface area contributed by atoms with Gasteiger partial charge in [-0.1, -0.05) is 0 Å². The minimum atomic E-state index is -3.67. The molecule has 1 aliphatic heterocycles. The van der Waals surface area contributed by atoms with Gasteiger partial charge in [-0.2, -0.15) is 4.31 Å². The van der Waals surface area contributed by atoms with Gasteiger partial charge in [-0.3, -0.25) is 4.98 Å². The van der Waals surface area contributed by atoms with E-state index in [2.05, 4.69) is 15.2 Å². The van der Waals surface area contributed by atoms with Crippen LogP contribution in [0.3, 0.4) is 0 Å². The number of sulfonamides is 1. The Labute approximate surface area is 149 Å². The topological polar surface area (TPSA) is 89.2 Å². The SMILES string of the molecule is O=S(=O)(c1ccc(F)cc1)N1CC[C@H](c2nnc(-c3cccnc3)o2)C1. The van der Waals surface area contributed by atoms with E-state index in [1.165, 1.54) is 16.4 Å². The molecule has 0 aliphatic carbocycles. The summed E-state index contributed by atoms with van der Waals surface area (Å²) in [6, 6.07) is 8.39. The minimum absolute atomic E-state index is 0.0705. The Morgan fingerprint density at radius 1 is 1.15 bits per heavy atom. The van der Waals surface area contributed by atoms with Crippen LogP contribution in [0.4, 0.5) is 4.39 Å². The van der Waals surface area contributed by atoms with E-state index < -0.39 is 15.8 Å². The first-order valence-electron chi connectivity index (χ1n) is 8.03. The molecule has 2 aromatic heterocycles. The Kier molecular flexibility index (Phi) is 4.25. The van der Waals surface area contributed by atoms with Crippen LogP contribution in [0.25, 0.3) is 11.5 Å². The lowest BCUT2D eigenvalue weighted by molar-refractivity contribution is 0.440. The summed E-state index contributed by atoms with van der Waals surface area (Å²) in [7, 11) is -3.67. The van der Waals surface area contributed by atoms with Crippen molar-refractivity contribution in [2.24, 2.45) is 0 Å². The molecule has 4 rings (SSSR count). The Balaban J connectivity index is 1.52. The van der Waals surface area contributed by atoms with Gasteiger partial charge < -0.3 is 4.42 Å². The number of rotatable bonds is 4. The fraction of sp³-hybridized carbons (Fsp3) is 0.235. The summed E-state index contributed by atoms with van der Waals surface area (Å²) in [6.07, 6.45) is 3.85. The Morgan fingerprint density at radius 3 is 2.69 bits per heavy atom. The fourth-order valence-corrected chi connectivity index (χ4v) is 4.41. The third-order valence-electron chi connectivity index (χ3n) is 4.30. The molecular weight excluding hydrogens is 359 g/mol. The predicted molar refractivity (Wildman–Crippen MR) is 90.0 cm³/mol. The van der Waals surface area contributed by atoms with Crippen molar-refractivity contribution in [2.75, 3.05) is 13.1 Å². The molecule has 1 atom stereocenters. The molecule has 1 fully saturated rings. The Bertz CT molecular complexity index is 1010. The van der Waals surface area contributed by atoms with Crippen molar-refractivity contribution >= 4 is 10.0 Å². The minimum Gasteiger partial charge on any atom is -0.420 e. The maximum atomic E-state index is 13.0. The van der Waals surface area contributed by atoms with E-state index in [1.54, 1.807) is 18.5 Å². The molecule has 3 heterocycles. The lowest BCUT2D eigenvalue weighted by atomic mass is 10.1. The number of hydrogen-bond donors (Lipinski definition) is 0. The monoisotopic (exact) mass is 374 g/mol. The summed E-state index contributed by atoms with van der Waals surface area (Å²) in [4.78, 5) is 4.08. The second kappa shape index (κ2) is 6.58. The van der Waals surface area contributed by atoms with E-state index in [0.717, 1.165) is 12.1 Å². The van der Waals surface area contributed by atoms with Gasteiger partial charge in [0.1, 0.15) is 5.82 Å². The number of benzene rings is 1. The van der Waals surface area contributed by atoms with Gasteiger partial charge in [0.2, 0.25) is 21.8 Å². The van der Waals surface area contributed by atoms with E-state index in [1.807, 2.05) is 6.07 Å². The molecule has 0 spiro atoms. The van der Waals surface area contributed by atoms with Gasteiger partial charge in [0, 0.05) is 25.5 Å². The van der Waals surface area contributed by atoms with E-state index in [-0.39, 0.29) is 17.4 Å². The van der Waals surface area contributed by atoms with Crippen molar-refractivity contribution in [3.63, 3.8) is 0 Å². The van der Waals surface area contributed by atoms with Gasteiger partial charge in [0.05, 0.1) is 16.4 Å². The summed E-state index contributed by atoms with van der Waals surface area (Å²) in [5, 5.41) is 8.08. The molecule has 0 amide bonds. The Hall–Kier alpha value is -2.65. The van der Waals surface area contributed by atoms with Crippen molar-refractivity contribution in [2.45, 2.75) is 17.2 Å². The van der Waals surface area contributed by atoms with Crippen LogP contribution in [-0.2, 0) is 10.0 Å². The highest BCUT2D eigenvalue weighted by molar-refractivity contribution is 7.89. The summed E-state index contributed by atoms with van der Waals surface area (Å²) in [6.45, 7) is 0.587. The number of hydrogen-bond acceptors (Lipinski definition) is 6. The second-order valence-corrected chi connectivity index (χ2v) is 7.93. The van der Waals surface area contributed by atoms with Crippen LogP contribution in [0.5, 0.6) is 0 Å². The molecule has 0 saturated carbocycles. The van der Waals surface area contributed by atoms with Gasteiger partial charge in [0.25, 0.3) is 0 Å². The van der Waals surface area contributed by atoms with Gasteiger partial charge in [-0.15, -0.1) is 10.2 Å². The smallest absolute Gasteiger partial charge is 0.249 e. The molecule has 26 heavy (non-hydrogen) atoms. The molecule has 0 bridgehead atoms. The van der Waals surface area contributed by atoms with Crippen LogP contribution in [-0.4, -0.2) is 41.0 Å². The molecular formula is C17H15FN4O3S. The molecule has 9 heteroatoms. The van der Waals surface area contributed by atoms with Crippen molar-refractivity contribution < 1.29 is 17.2 Å². The maximum Gasteiger partial charge on any atom is 0.249 e. The van der Waals surface area contributed by atoms with Gasteiger partial charge >= 0.3 is 0 Å². The van der Waals surface area contributed by atoms with Crippen LogP contribution < -0.4 is 0 Å². The number of halogens is 1. The van der Waals surface area contributed by atoms with Crippen molar-refractivity contribution in [1.82, 2.24) is 19.5 Å². The number of aromatic nitrogens is 3. The highest BCUT2D eigenvalue weighted by atomic mass is 32.2. The molecule has 0 N–H and O–H groups in total. The lowest BCUT2D eigenvalue weighted by Crippen LogP contribution is -2.28. The van der Waals surface area contributed by atoms with Crippen LogP contribution in [0, 0.1) is 5.82 Å². The summed E-state index contributed by atoms with van der Waals surface area (Å²) in [5.74, 6) is 0.105. The van der Waals surface area contributed by atoms with Crippen LogP contribution in [0.15, 0.2) is 58.1 Å². The quantitative estimate of drug-likeness (QED) is 0.697. The van der Waals surface area contributed by atoms with E-state index in [9.17, 15) is 12.8 Å². The van der Waals surface area contributed by atoms with Gasteiger partial charge in [-0.25, -0.2) is 12.8 Å². The Morgan fingerprint density at radius 2 is 1.96 bits per heavy atom. The average Bonchev–Trinajstić information content (AvgIpc) is 3.33. The molecule has 3 aromatic rings. The van der Waals surface area contributed by atoms with Crippen LogP contribution in [0.2, 0.25) is 0 Å². The zero-order valence-corrected chi connectivity index (χ0v) is 14.4. The highest BCUT2D eigenvalue weighted by Crippen LogP contribution is 2.31. The van der Waals surface area contributed by atoms with Crippen molar-refractivity contribution in [3.8, 4) is 11.5 Å². The van der Waals surface area contributed by atoms with Gasteiger partial charge in [0.15, 0.2) is 0 Å². The summed E-state index contributed by atoms with van der Waals surface area (Å²) in [5.41, 5.74) is 0.708. The predicted octanol–water partition coefficient (Wildman–Crippen LogP) is 2.45. The molecule has 0 radical (unpaired) electrons. The maximum absolute atomic E-state index is 13.0. The summed E-state index contributed by atoms with van der Waals surface area (Å²) >= 11 is 0. The first kappa shape index (κ1) is 16.8. The summed E-state index contributed by atoms with van der Waals surface area (Å²) < 4.78 is 45.5. The second-order valence-electron chi connectivity index (χ2n) is 5.99. The molecule has 7 nitrogen and oxygen atoms in total. The van der Waals surface area contributed by atoms with Crippen molar-refractivity contribution in [1.29, 1.82) is 0 Å². The first-order chi connectivity index (χ1) is 12.5. The first-order valence-corrected chi connectivity index (χ1v) is 9.47.